The van der Waals surface area contributed by atoms with Crippen LogP contribution in [0.3, 0.4) is 0 Å². The first-order chi connectivity index (χ1) is 23.4. The number of hydrogen-bond acceptors (Lipinski definition) is 9. The van der Waals surface area contributed by atoms with E-state index in [-0.39, 0.29) is 24.4 Å². The maximum Gasteiger partial charge on any atom is 0.264 e. The van der Waals surface area contributed by atoms with E-state index < -0.39 is 23.9 Å². The van der Waals surface area contributed by atoms with Crippen LogP contribution in [-0.4, -0.2) is 65.3 Å². The van der Waals surface area contributed by atoms with Gasteiger partial charge in [0.1, 0.15) is 18.0 Å². The van der Waals surface area contributed by atoms with Crippen molar-refractivity contribution in [3.63, 3.8) is 0 Å². The van der Waals surface area contributed by atoms with Crippen molar-refractivity contribution in [1.29, 1.82) is 0 Å². The van der Waals surface area contributed by atoms with Crippen LogP contribution in [0.4, 0.5) is 5.69 Å². The maximum atomic E-state index is 14.2. The number of rotatable bonds is 9. The number of benzene rings is 3. The number of anilines is 1. The average Bonchev–Trinajstić information content (AvgIpc) is 3.75. The largest absolute Gasteiger partial charge is 0.494 e. The number of nitrogens with zero attached hydrogens (tertiary/aromatic N) is 6. The van der Waals surface area contributed by atoms with Gasteiger partial charge in [0.15, 0.2) is 12.1 Å². The molecule has 0 spiro atoms. The third-order valence-electron chi connectivity index (χ3n) is 9.04. The number of hydrogen-bond donors (Lipinski definition) is 0. The Labute approximate surface area is 287 Å². The molecule has 1 saturated heterocycles. The highest BCUT2D eigenvalue weighted by atomic mass is 79.9. The van der Waals surface area contributed by atoms with Gasteiger partial charge in [-0.1, -0.05) is 51.5 Å². The van der Waals surface area contributed by atoms with Crippen molar-refractivity contribution in [3.05, 3.63) is 94.0 Å². The Morgan fingerprint density at radius 2 is 1.65 bits per heavy atom. The molecule has 3 heterocycles. The quantitative estimate of drug-likeness (QED) is 0.239. The van der Waals surface area contributed by atoms with E-state index in [1.165, 1.54) is 5.01 Å². The Hall–Kier alpha value is -4.84. The van der Waals surface area contributed by atoms with E-state index >= 15 is 0 Å². The monoisotopic (exact) mass is 710 g/mol. The van der Waals surface area contributed by atoms with E-state index in [1.54, 1.807) is 23.2 Å². The first-order valence-electron chi connectivity index (χ1n) is 16.2. The molecular formula is C36H35BrN6O5. The molecule has 246 valence electrons. The number of imide groups is 1. The maximum absolute atomic E-state index is 14.2. The van der Waals surface area contributed by atoms with Gasteiger partial charge in [0, 0.05) is 10.4 Å². The van der Waals surface area contributed by atoms with Gasteiger partial charge >= 0.3 is 0 Å². The number of fused-ring (bicyclic) bond motifs is 2. The fraction of sp³-hybridized carbons (Fsp3) is 0.333. The lowest BCUT2D eigenvalue weighted by molar-refractivity contribution is -0.136. The van der Waals surface area contributed by atoms with Crippen LogP contribution < -0.4 is 14.4 Å². The molecule has 3 aliphatic heterocycles. The van der Waals surface area contributed by atoms with Crippen molar-refractivity contribution in [1.82, 2.24) is 10.0 Å². The minimum Gasteiger partial charge on any atom is -0.494 e. The van der Waals surface area contributed by atoms with E-state index in [9.17, 15) is 14.4 Å². The molecule has 3 aromatic rings. The summed E-state index contributed by atoms with van der Waals surface area (Å²) in [5, 5.41) is 16.1. The highest BCUT2D eigenvalue weighted by Crippen LogP contribution is 2.45. The molecule has 0 radical (unpaired) electrons. The normalized spacial score (nSPS) is 23.9. The second kappa shape index (κ2) is 13.3. The van der Waals surface area contributed by atoms with Gasteiger partial charge in [0.05, 0.1) is 30.7 Å². The molecule has 0 aromatic heterocycles. The smallest absolute Gasteiger partial charge is 0.264 e. The highest BCUT2D eigenvalue weighted by Gasteiger charge is 2.55. The summed E-state index contributed by atoms with van der Waals surface area (Å²) in [7, 11) is 0. The molecule has 7 rings (SSSR count). The van der Waals surface area contributed by atoms with Crippen LogP contribution in [0.5, 0.6) is 11.5 Å². The molecule has 4 aliphatic rings. The van der Waals surface area contributed by atoms with Crippen molar-refractivity contribution in [3.8, 4) is 11.5 Å². The molecule has 4 atom stereocenters. The summed E-state index contributed by atoms with van der Waals surface area (Å²) < 4.78 is 12.0. The fourth-order valence-electron chi connectivity index (χ4n) is 6.93. The molecule has 11 nitrogen and oxygen atoms in total. The number of carbonyl (C=O) groups is 3. The molecule has 0 bridgehead atoms. The summed E-state index contributed by atoms with van der Waals surface area (Å²) in [6.45, 7) is 4.79. The van der Waals surface area contributed by atoms with Gasteiger partial charge in [-0.3, -0.25) is 19.4 Å². The van der Waals surface area contributed by atoms with Crippen LogP contribution in [0.2, 0.25) is 0 Å². The lowest BCUT2D eigenvalue weighted by atomic mass is 9.77. The van der Waals surface area contributed by atoms with Crippen LogP contribution in [-0.2, 0) is 14.4 Å². The summed E-state index contributed by atoms with van der Waals surface area (Å²) in [6.07, 6.45) is 4.80. The summed E-state index contributed by atoms with van der Waals surface area (Å²) >= 11 is 3.41. The molecule has 1 saturated carbocycles. The van der Waals surface area contributed by atoms with Crippen LogP contribution in [0.25, 0.3) is 6.08 Å². The Balaban J connectivity index is 1.18. The van der Waals surface area contributed by atoms with Gasteiger partial charge in [-0.25, -0.2) is 9.91 Å². The Morgan fingerprint density at radius 1 is 0.938 bits per heavy atom. The standard InChI is InChI=1S/C36H35BrN6O5/c1-3-47-27-15-11-22(12-16-27)19-24-7-5-10-29-31(24)39-43(33(29)23-13-17-28(18-14-23)48-4-2)30(44)21-41-34-32(38-40-41)35(45)42(36(34)46)26-9-6-8-25(37)20-26/h6,8-9,11-20,29,32-34H,3-5,7,10,21H2,1-2H3/b24-19+/t29-,32-,33-,34+/m0/s1. The van der Waals surface area contributed by atoms with Gasteiger partial charge < -0.3 is 9.47 Å². The minimum absolute atomic E-state index is 0.0238. The van der Waals surface area contributed by atoms with Gasteiger partial charge in [-0.05, 0) is 98.4 Å². The van der Waals surface area contributed by atoms with E-state index in [2.05, 4.69) is 32.3 Å². The molecule has 48 heavy (non-hydrogen) atoms. The average molecular weight is 712 g/mol. The number of hydrazone groups is 1. The zero-order chi connectivity index (χ0) is 33.4. The predicted molar refractivity (Wildman–Crippen MR) is 183 cm³/mol. The molecule has 1 aliphatic carbocycles. The van der Waals surface area contributed by atoms with Crippen molar-refractivity contribution >= 4 is 51.1 Å². The van der Waals surface area contributed by atoms with Crippen molar-refractivity contribution in [2.24, 2.45) is 21.4 Å². The molecule has 12 heteroatoms. The van der Waals surface area contributed by atoms with E-state index in [4.69, 9.17) is 14.6 Å². The van der Waals surface area contributed by atoms with E-state index in [1.807, 2.05) is 68.4 Å². The third-order valence-corrected chi connectivity index (χ3v) is 9.54. The number of ether oxygens (including phenoxy) is 2. The molecule has 3 aromatic carbocycles. The van der Waals surface area contributed by atoms with Crippen LogP contribution in [0, 0.1) is 5.92 Å². The van der Waals surface area contributed by atoms with Gasteiger partial charge in [0.2, 0.25) is 0 Å². The lowest BCUT2D eigenvalue weighted by Crippen LogP contribution is -2.45. The van der Waals surface area contributed by atoms with E-state index in [0.717, 1.165) is 62.5 Å². The first kappa shape index (κ1) is 31.7. The zero-order valence-electron chi connectivity index (χ0n) is 26.7. The van der Waals surface area contributed by atoms with Crippen molar-refractivity contribution in [2.45, 2.75) is 51.2 Å². The highest BCUT2D eigenvalue weighted by molar-refractivity contribution is 9.10. The topological polar surface area (TPSA) is 116 Å². The van der Waals surface area contributed by atoms with Gasteiger partial charge in [-0.2, -0.15) is 10.2 Å². The zero-order valence-corrected chi connectivity index (χ0v) is 28.2. The van der Waals surface area contributed by atoms with Crippen LogP contribution in [0.15, 0.2) is 98.3 Å². The second-order valence-corrected chi connectivity index (χ2v) is 12.9. The van der Waals surface area contributed by atoms with Crippen LogP contribution >= 0.6 is 15.9 Å². The van der Waals surface area contributed by atoms with Gasteiger partial charge in [0.25, 0.3) is 17.7 Å². The summed E-state index contributed by atoms with van der Waals surface area (Å²) in [5.41, 5.74) is 4.38. The SMILES string of the molecule is CCOc1ccc(/C=C2\CCC[C@H]3C2=NN(C(=O)CN2N=N[C@@H]4C(=O)N(c5cccc(Br)c5)C(=O)[C@@H]42)[C@H]3c2ccc(OCC)cc2)cc1. The Kier molecular flexibility index (Phi) is 8.83. The summed E-state index contributed by atoms with van der Waals surface area (Å²) in [6, 6.07) is 20.3. The number of halogens is 1. The summed E-state index contributed by atoms with van der Waals surface area (Å²) in [5.74, 6) is 0.272. The number of amides is 3. The Bertz CT molecular complexity index is 1820. The predicted octanol–water partition coefficient (Wildman–Crippen LogP) is 6.36. The fourth-order valence-corrected chi connectivity index (χ4v) is 7.32. The Morgan fingerprint density at radius 3 is 2.33 bits per heavy atom. The molecule has 0 N–H and O–H groups in total. The molecular weight excluding hydrogens is 676 g/mol. The van der Waals surface area contributed by atoms with Crippen molar-refractivity contribution in [2.75, 3.05) is 24.7 Å². The molecule has 3 amide bonds. The number of carbonyl (C=O) groups excluding carboxylic acids is 3. The third kappa shape index (κ3) is 5.89. The van der Waals surface area contributed by atoms with E-state index in [0.29, 0.717) is 18.9 Å². The van der Waals surface area contributed by atoms with Crippen LogP contribution in [0.1, 0.15) is 50.3 Å². The van der Waals surface area contributed by atoms with Gasteiger partial charge in [-0.15, -0.1) is 0 Å². The minimum atomic E-state index is -1.01. The summed E-state index contributed by atoms with van der Waals surface area (Å²) in [4.78, 5) is 42.3. The first-order valence-corrected chi connectivity index (χ1v) is 17.0. The molecule has 0 unspecified atom stereocenters. The number of allylic oxidation sites excluding steroid dienone is 1. The second-order valence-electron chi connectivity index (χ2n) is 12.0. The lowest BCUT2D eigenvalue weighted by Gasteiger charge is -2.30. The molecule has 2 fully saturated rings. The van der Waals surface area contributed by atoms with Crippen molar-refractivity contribution < 1.29 is 23.9 Å².